The molecule has 0 spiro atoms. The fourth-order valence-corrected chi connectivity index (χ4v) is 2.49. The number of aromatic nitrogens is 1. The van der Waals surface area contributed by atoms with E-state index in [1.165, 1.54) is 5.56 Å². The number of rotatable bonds is 8. The van der Waals surface area contributed by atoms with Crippen molar-refractivity contribution in [1.82, 2.24) is 4.98 Å². The fraction of sp³-hybridized carbons (Fsp3) is 0.308. The first-order chi connectivity index (χ1) is 7.86. The van der Waals surface area contributed by atoms with Crippen LogP contribution in [0.4, 0.5) is 0 Å². The smallest absolute Gasteiger partial charge is 0.0502 e. The van der Waals surface area contributed by atoms with Crippen molar-refractivity contribution in [2.75, 3.05) is 11.5 Å². The summed E-state index contributed by atoms with van der Waals surface area (Å²) >= 11 is 3.69. The molecular formula is C13H17NS2. The van der Waals surface area contributed by atoms with Crippen LogP contribution in [0.2, 0.25) is 0 Å². The van der Waals surface area contributed by atoms with E-state index in [2.05, 4.69) is 30.3 Å². The molecule has 1 heterocycles. The van der Waals surface area contributed by atoms with Crippen molar-refractivity contribution in [2.24, 2.45) is 0 Å². The van der Waals surface area contributed by atoms with Crippen molar-refractivity contribution in [3.63, 3.8) is 0 Å². The van der Waals surface area contributed by atoms with Gasteiger partial charge in [-0.2, -0.15) is 23.5 Å². The van der Waals surface area contributed by atoms with Crippen molar-refractivity contribution in [3.05, 3.63) is 54.9 Å². The average molecular weight is 251 g/mol. The third-order valence-corrected chi connectivity index (χ3v) is 3.86. The second kappa shape index (κ2) is 8.48. The Morgan fingerprint density at radius 3 is 2.31 bits per heavy atom. The molecule has 0 aliphatic carbocycles. The van der Waals surface area contributed by atoms with E-state index < -0.39 is 0 Å². The maximum Gasteiger partial charge on any atom is 0.0502 e. The van der Waals surface area contributed by atoms with Crippen LogP contribution in [0.5, 0.6) is 0 Å². The van der Waals surface area contributed by atoms with Gasteiger partial charge in [-0.25, -0.2) is 0 Å². The lowest BCUT2D eigenvalue weighted by atomic mass is 10.3. The first kappa shape index (κ1) is 13.4. The molecule has 16 heavy (non-hydrogen) atoms. The molecular weight excluding hydrogens is 234 g/mol. The third kappa shape index (κ3) is 5.42. The summed E-state index contributed by atoms with van der Waals surface area (Å²) in [5.74, 6) is 3.96. The van der Waals surface area contributed by atoms with Gasteiger partial charge in [-0.05, 0) is 11.6 Å². The van der Waals surface area contributed by atoms with Crippen LogP contribution in [-0.4, -0.2) is 16.5 Å². The quantitative estimate of drug-likeness (QED) is 0.513. The van der Waals surface area contributed by atoms with E-state index in [1.54, 1.807) is 0 Å². The molecule has 3 heteroatoms. The lowest BCUT2D eigenvalue weighted by Crippen LogP contribution is -1.89. The minimum atomic E-state index is 0.964. The van der Waals surface area contributed by atoms with E-state index in [9.17, 15) is 0 Å². The van der Waals surface area contributed by atoms with Crippen molar-refractivity contribution >= 4 is 23.5 Å². The Labute approximate surface area is 106 Å². The highest BCUT2D eigenvalue weighted by Gasteiger charge is 1.96. The van der Waals surface area contributed by atoms with Crippen LogP contribution < -0.4 is 0 Å². The van der Waals surface area contributed by atoms with Crippen LogP contribution in [0, 0.1) is 0 Å². The van der Waals surface area contributed by atoms with Gasteiger partial charge >= 0.3 is 0 Å². The third-order valence-electron chi connectivity index (χ3n) is 1.88. The van der Waals surface area contributed by atoms with Crippen molar-refractivity contribution < 1.29 is 0 Å². The Bertz CT molecular complexity index is 286. The van der Waals surface area contributed by atoms with Crippen LogP contribution in [0.25, 0.3) is 0 Å². The first-order valence-corrected chi connectivity index (χ1v) is 7.49. The molecule has 1 nitrogen and oxygen atoms in total. The SMILES string of the molecule is C=CCSCc1ccc(CSCC=C)nc1. The standard InChI is InChI=1S/C13H17NS2/c1-3-7-15-10-12-5-6-13(14-9-12)11-16-8-4-2/h3-6,9H,1-2,7-8,10-11H2. The zero-order valence-corrected chi connectivity index (χ0v) is 11.0. The fourth-order valence-electron chi connectivity index (χ4n) is 1.13. The zero-order valence-electron chi connectivity index (χ0n) is 9.39. The number of thioether (sulfide) groups is 2. The van der Waals surface area contributed by atoms with E-state index in [0.29, 0.717) is 0 Å². The molecule has 0 radical (unpaired) electrons. The second-order valence-corrected chi connectivity index (χ2v) is 5.33. The Hall–Kier alpha value is -0.670. The highest BCUT2D eigenvalue weighted by Crippen LogP contribution is 2.14. The molecule has 1 aromatic heterocycles. The van der Waals surface area contributed by atoms with Crippen LogP contribution in [-0.2, 0) is 11.5 Å². The van der Waals surface area contributed by atoms with Gasteiger partial charge in [-0.15, -0.1) is 13.2 Å². The van der Waals surface area contributed by atoms with E-state index in [4.69, 9.17) is 0 Å². The minimum Gasteiger partial charge on any atom is -0.260 e. The van der Waals surface area contributed by atoms with Gasteiger partial charge in [0.1, 0.15) is 0 Å². The van der Waals surface area contributed by atoms with Crippen LogP contribution >= 0.6 is 23.5 Å². The highest BCUT2D eigenvalue weighted by molar-refractivity contribution is 7.98. The van der Waals surface area contributed by atoms with Crippen molar-refractivity contribution in [3.8, 4) is 0 Å². The van der Waals surface area contributed by atoms with Gasteiger partial charge in [-0.3, -0.25) is 4.98 Å². The largest absolute Gasteiger partial charge is 0.260 e. The molecule has 0 aliphatic heterocycles. The maximum absolute atomic E-state index is 4.43. The summed E-state index contributed by atoms with van der Waals surface area (Å²) in [7, 11) is 0. The lowest BCUT2D eigenvalue weighted by molar-refractivity contribution is 1.14. The number of pyridine rings is 1. The lowest BCUT2D eigenvalue weighted by Gasteiger charge is -2.02. The molecule has 86 valence electrons. The maximum atomic E-state index is 4.43. The van der Waals surface area contributed by atoms with Gasteiger partial charge in [0.15, 0.2) is 0 Å². The Balaban J connectivity index is 2.35. The molecule has 0 saturated heterocycles. The summed E-state index contributed by atoms with van der Waals surface area (Å²) in [5, 5.41) is 0. The number of hydrogen-bond donors (Lipinski definition) is 0. The molecule has 1 aromatic rings. The summed E-state index contributed by atoms with van der Waals surface area (Å²) in [6, 6.07) is 4.27. The first-order valence-electron chi connectivity index (χ1n) is 5.18. The van der Waals surface area contributed by atoms with Crippen LogP contribution in [0.3, 0.4) is 0 Å². The second-order valence-electron chi connectivity index (χ2n) is 3.27. The summed E-state index contributed by atoms with van der Waals surface area (Å²) in [6.45, 7) is 7.40. The Morgan fingerprint density at radius 2 is 1.75 bits per heavy atom. The van der Waals surface area contributed by atoms with E-state index in [1.807, 2.05) is 41.9 Å². The van der Waals surface area contributed by atoms with Crippen LogP contribution in [0.1, 0.15) is 11.3 Å². The van der Waals surface area contributed by atoms with E-state index in [0.717, 1.165) is 28.7 Å². The molecule has 1 rings (SSSR count). The molecule has 0 N–H and O–H groups in total. The highest BCUT2D eigenvalue weighted by atomic mass is 32.2. The normalized spacial score (nSPS) is 10.0. The van der Waals surface area contributed by atoms with Gasteiger partial charge in [0.05, 0.1) is 5.69 Å². The Morgan fingerprint density at radius 1 is 1.06 bits per heavy atom. The summed E-state index contributed by atoms with van der Waals surface area (Å²) in [5.41, 5.74) is 2.42. The van der Waals surface area contributed by atoms with Gasteiger partial charge < -0.3 is 0 Å². The minimum absolute atomic E-state index is 0.964. The summed E-state index contributed by atoms with van der Waals surface area (Å²) in [4.78, 5) is 4.43. The monoisotopic (exact) mass is 251 g/mol. The van der Waals surface area contributed by atoms with Gasteiger partial charge in [0.2, 0.25) is 0 Å². The summed E-state index contributed by atoms with van der Waals surface area (Å²) < 4.78 is 0. The molecule has 0 amide bonds. The number of nitrogens with zero attached hydrogens (tertiary/aromatic N) is 1. The van der Waals surface area contributed by atoms with E-state index in [-0.39, 0.29) is 0 Å². The van der Waals surface area contributed by atoms with Crippen molar-refractivity contribution in [1.29, 1.82) is 0 Å². The van der Waals surface area contributed by atoms with Crippen molar-refractivity contribution in [2.45, 2.75) is 11.5 Å². The molecule has 0 saturated carbocycles. The topological polar surface area (TPSA) is 12.9 Å². The van der Waals surface area contributed by atoms with Crippen LogP contribution in [0.15, 0.2) is 43.6 Å². The van der Waals surface area contributed by atoms with Gasteiger partial charge in [0.25, 0.3) is 0 Å². The number of hydrogen-bond acceptors (Lipinski definition) is 3. The Kier molecular flexibility index (Phi) is 7.10. The average Bonchev–Trinajstić information content (AvgIpc) is 2.32. The van der Waals surface area contributed by atoms with E-state index >= 15 is 0 Å². The zero-order chi connectivity index (χ0) is 11.6. The molecule has 0 unspecified atom stereocenters. The molecule has 0 fully saturated rings. The predicted octanol–water partition coefficient (Wildman–Crippen LogP) is 3.92. The molecule has 0 aliphatic rings. The van der Waals surface area contributed by atoms with Gasteiger partial charge in [0, 0.05) is 29.2 Å². The summed E-state index contributed by atoms with van der Waals surface area (Å²) in [6.07, 6.45) is 5.82. The van der Waals surface area contributed by atoms with Gasteiger partial charge in [-0.1, -0.05) is 18.2 Å². The predicted molar refractivity (Wildman–Crippen MR) is 77.0 cm³/mol. The molecule has 0 atom stereocenters. The molecule has 0 bridgehead atoms. The molecule has 0 aromatic carbocycles.